The van der Waals surface area contributed by atoms with Crippen molar-refractivity contribution in [2.24, 2.45) is 0 Å². The lowest BCUT2D eigenvalue weighted by atomic mass is 10.0. The summed E-state index contributed by atoms with van der Waals surface area (Å²) in [7, 11) is 0. The van der Waals surface area contributed by atoms with Crippen LogP contribution in [-0.2, 0) is 5.54 Å². The Labute approximate surface area is 151 Å². The molecule has 1 unspecified atom stereocenters. The summed E-state index contributed by atoms with van der Waals surface area (Å²) in [4.78, 5) is 26.0. The number of benzene rings is 1. The number of piperazine rings is 1. The fourth-order valence-electron chi connectivity index (χ4n) is 3.44. The lowest BCUT2D eigenvalue weighted by molar-refractivity contribution is 0.0694. The van der Waals surface area contributed by atoms with Gasteiger partial charge in [0.25, 0.3) is 0 Å². The summed E-state index contributed by atoms with van der Waals surface area (Å²) < 4.78 is 16.6. The molecular weight excluding hydrogens is 337 g/mol. The molecule has 3 rings (SSSR count). The number of hydrogen-bond donors (Lipinski definition) is 2. The number of carboxylic acid groups (broad SMARTS) is 1. The van der Waals surface area contributed by atoms with Gasteiger partial charge in [-0.2, -0.15) is 0 Å². The molecule has 0 radical (unpaired) electrons. The molecule has 0 bridgehead atoms. The first kappa shape index (κ1) is 18.4. The number of rotatable bonds is 2. The topological polar surface area (TPSA) is 74.6 Å². The van der Waals surface area contributed by atoms with Crippen LogP contribution in [0.3, 0.4) is 0 Å². The van der Waals surface area contributed by atoms with Crippen LogP contribution in [0.2, 0.25) is 0 Å². The zero-order valence-electron chi connectivity index (χ0n) is 15.5. The summed E-state index contributed by atoms with van der Waals surface area (Å²) in [6.07, 6.45) is 1.36. The second-order valence-corrected chi connectivity index (χ2v) is 7.84. The zero-order valence-corrected chi connectivity index (χ0v) is 15.5. The summed E-state index contributed by atoms with van der Waals surface area (Å²) in [6.45, 7) is 9.86. The van der Waals surface area contributed by atoms with Gasteiger partial charge in [0, 0.05) is 42.8 Å². The first-order valence-corrected chi connectivity index (χ1v) is 8.70. The predicted octanol–water partition coefficient (Wildman–Crippen LogP) is 2.39. The second kappa shape index (κ2) is 6.39. The Balaban J connectivity index is 2.30. The molecular formula is C19H24FN3O3. The van der Waals surface area contributed by atoms with Crippen LogP contribution >= 0.6 is 0 Å². The molecule has 1 aliphatic rings. The number of aromatic carboxylic acids is 1. The quantitative estimate of drug-likeness (QED) is 0.859. The Morgan fingerprint density at radius 1 is 1.35 bits per heavy atom. The van der Waals surface area contributed by atoms with Crippen molar-refractivity contribution < 1.29 is 14.3 Å². The fourth-order valence-corrected chi connectivity index (χ4v) is 3.44. The van der Waals surface area contributed by atoms with E-state index < -0.39 is 22.8 Å². The minimum absolute atomic E-state index is 0.0873. The van der Waals surface area contributed by atoms with E-state index in [1.807, 2.05) is 32.6 Å². The minimum Gasteiger partial charge on any atom is -0.477 e. The number of hydrogen-bond acceptors (Lipinski definition) is 4. The van der Waals surface area contributed by atoms with Gasteiger partial charge in [0.05, 0.1) is 11.2 Å². The maximum Gasteiger partial charge on any atom is 0.341 e. The van der Waals surface area contributed by atoms with Gasteiger partial charge in [0.15, 0.2) is 0 Å². The van der Waals surface area contributed by atoms with Crippen molar-refractivity contribution in [3.63, 3.8) is 0 Å². The standard InChI is InChI=1S/C19H24FN3O3/c1-11-9-22(6-5-21-11)16-8-15-12(7-14(16)20)17(24)13(18(25)26)10-23(15)19(2,3)4/h7-8,10-11,21H,5-6,9H2,1-4H3,(H,25,26). The Hall–Kier alpha value is -2.41. The highest BCUT2D eigenvalue weighted by molar-refractivity contribution is 5.93. The molecule has 1 aliphatic heterocycles. The molecule has 1 fully saturated rings. The van der Waals surface area contributed by atoms with Gasteiger partial charge in [-0.05, 0) is 39.8 Å². The van der Waals surface area contributed by atoms with Crippen LogP contribution in [0.5, 0.6) is 0 Å². The number of nitrogens with zero attached hydrogens (tertiary/aromatic N) is 2. The fraction of sp³-hybridized carbons (Fsp3) is 0.474. The van der Waals surface area contributed by atoms with E-state index in [9.17, 15) is 19.1 Å². The molecule has 26 heavy (non-hydrogen) atoms. The van der Waals surface area contributed by atoms with Crippen molar-refractivity contribution in [1.29, 1.82) is 0 Å². The van der Waals surface area contributed by atoms with Crippen LogP contribution in [0.1, 0.15) is 38.1 Å². The summed E-state index contributed by atoms with van der Waals surface area (Å²) in [5.74, 6) is -1.82. The Bertz CT molecular complexity index is 930. The number of carboxylic acids is 1. The molecule has 2 aromatic rings. The summed E-state index contributed by atoms with van der Waals surface area (Å²) in [6, 6.07) is 3.08. The summed E-state index contributed by atoms with van der Waals surface area (Å²) in [5, 5.41) is 12.8. The number of anilines is 1. The number of aromatic nitrogens is 1. The Kier molecular flexibility index (Phi) is 4.52. The van der Waals surface area contributed by atoms with Crippen molar-refractivity contribution in [3.8, 4) is 0 Å². The molecule has 0 saturated carbocycles. The lowest BCUT2D eigenvalue weighted by Gasteiger charge is -2.34. The normalized spacial score (nSPS) is 18.3. The number of nitrogens with one attached hydrogen (secondary N) is 1. The van der Waals surface area contributed by atoms with E-state index in [1.165, 1.54) is 12.3 Å². The lowest BCUT2D eigenvalue weighted by Crippen LogP contribution is -2.49. The first-order chi connectivity index (χ1) is 12.1. The third-order valence-corrected chi connectivity index (χ3v) is 4.73. The van der Waals surface area contributed by atoms with Crippen LogP contribution < -0.4 is 15.6 Å². The van der Waals surface area contributed by atoms with Gasteiger partial charge in [-0.1, -0.05) is 0 Å². The summed E-state index contributed by atoms with van der Waals surface area (Å²) >= 11 is 0. The first-order valence-electron chi connectivity index (χ1n) is 8.70. The predicted molar refractivity (Wildman–Crippen MR) is 99.8 cm³/mol. The average molecular weight is 361 g/mol. The molecule has 140 valence electrons. The van der Waals surface area contributed by atoms with Crippen molar-refractivity contribution >= 4 is 22.6 Å². The van der Waals surface area contributed by atoms with Crippen molar-refractivity contribution in [3.05, 3.63) is 39.9 Å². The van der Waals surface area contributed by atoms with Crippen LogP contribution in [0, 0.1) is 5.82 Å². The summed E-state index contributed by atoms with van der Waals surface area (Å²) in [5.41, 5.74) is -0.508. The van der Waals surface area contributed by atoms with E-state index in [2.05, 4.69) is 5.32 Å². The smallest absolute Gasteiger partial charge is 0.341 e. The van der Waals surface area contributed by atoms with E-state index in [0.29, 0.717) is 24.3 Å². The van der Waals surface area contributed by atoms with E-state index in [0.717, 1.165) is 6.54 Å². The molecule has 6 nitrogen and oxygen atoms in total. The van der Waals surface area contributed by atoms with Crippen molar-refractivity contribution in [2.75, 3.05) is 24.5 Å². The molecule has 2 N–H and O–H groups in total. The monoisotopic (exact) mass is 361 g/mol. The molecule has 1 atom stereocenters. The molecule has 0 aliphatic carbocycles. The highest BCUT2D eigenvalue weighted by Gasteiger charge is 2.25. The number of fused-ring (bicyclic) bond motifs is 1. The number of carbonyl (C=O) groups is 1. The van der Waals surface area contributed by atoms with Crippen LogP contribution in [0.4, 0.5) is 10.1 Å². The molecule has 0 amide bonds. The van der Waals surface area contributed by atoms with Crippen molar-refractivity contribution in [1.82, 2.24) is 9.88 Å². The highest BCUT2D eigenvalue weighted by atomic mass is 19.1. The maximum absolute atomic E-state index is 14.8. The highest BCUT2D eigenvalue weighted by Crippen LogP contribution is 2.29. The van der Waals surface area contributed by atoms with Gasteiger partial charge in [0.1, 0.15) is 11.4 Å². The van der Waals surface area contributed by atoms with Gasteiger partial charge in [0.2, 0.25) is 5.43 Å². The van der Waals surface area contributed by atoms with Crippen LogP contribution in [0.15, 0.2) is 23.1 Å². The third kappa shape index (κ3) is 3.19. The van der Waals surface area contributed by atoms with Gasteiger partial charge < -0.3 is 19.9 Å². The molecule has 7 heteroatoms. The van der Waals surface area contributed by atoms with Crippen LogP contribution in [-0.4, -0.2) is 41.3 Å². The molecule has 0 spiro atoms. The molecule has 1 aromatic carbocycles. The molecule has 1 aromatic heterocycles. The van der Waals surface area contributed by atoms with Gasteiger partial charge >= 0.3 is 5.97 Å². The van der Waals surface area contributed by atoms with Crippen molar-refractivity contribution in [2.45, 2.75) is 39.3 Å². The molecule has 2 heterocycles. The third-order valence-electron chi connectivity index (χ3n) is 4.73. The van der Waals surface area contributed by atoms with E-state index in [1.54, 1.807) is 10.6 Å². The molecule has 1 saturated heterocycles. The average Bonchev–Trinajstić information content (AvgIpc) is 2.53. The van der Waals surface area contributed by atoms with E-state index >= 15 is 0 Å². The Morgan fingerprint density at radius 3 is 2.62 bits per heavy atom. The van der Waals surface area contributed by atoms with E-state index in [4.69, 9.17) is 0 Å². The van der Waals surface area contributed by atoms with Gasteiger partial charge in [-0.15, -0.1) is 0 Å². The van der Waals surface area contributed by atoms with E-state index in [-0.39, 0.29) is 17.0 Å². The zero-order chi connectivity index (χ0) is 19.2. The Morgan fingerprint density at radius 2 is 2.04 bits per heavy atom. The second-order valence-electron chi connectivity index (χ2n) is 7.84. The van der Waals surface area contributed by atoms with Crippen LogP contribution in [0.25, 0.3) is 10.9 Å². The SMILES string of the molecule is CC1CN(c2cc3c(cc2F)c(=O)c(C(=O)O)cn3C(C)(C)C)CCN1. The van der Waals surface area contributed by atoms with Gasteiger partial charge in [-0.3, -0.25) is 4.79 Å². The number of halogens is 1. The largest absolute Gasteiger partial charge is 0.477 e. The number of pyridine rings is 1. The maximum atomic E-state index is 14.8. The minimum atomic E-state index is -1.31. The van der Waals surface area contributed by atoms with Gasteiger partial charge in [-0.25, -0.2) is 9.18 Å².